The summed E-state index contributed by atoms with van der Waals surface area (Å²) >= 11 is 1.28. The van der Waals surface area contributed by atoms with Gasteiger partial charge in [0.1, 0.15) is 5.75 Å². The van der Waals surface area contributed by atoms with E-state index in [0.717, 1.165) is 42.8 Å². The Bertz CT molecular complexity index is 504. The molecule has 1 unspecified atom stereocenters. The van der Waals surface area contributed by atoms with E-state index >= 15 is 0 Å². The van der Waals surface area contributed by atoms with Crippen LogP contribution in [0.3, 0.4) is 0 Å². The molecule has 1 fully saturated rings. The number of rotatable bonds is 3. The molecule has 3 rings (SSSR count). The summed E-state index contributed by atoms with van der Waals surface area (Å²) in [4.78, 5) is 11.3. The van der Waals surface area contributed by atoms with Crippen molar-refractivity contribution in [1.82, 2.24) is 0 Å². The summed E-state index contributed by atoms with van der Waals surface area (Å²) in [5, 5.41) is 2.13. The number of hydrogen-bond acceptors (Lipinski definition) is 4. The Morgan fingerprint density at radius 3 is 3.00 bits per heavy atom. The molecule has 1 atom stereocenters. The van der Waals surface area contributed by atoms with Crippen molar-refractivity contribution >= 4 is 22.5 Å². The summed E-state index contributed by atoms with van der Waals surface area (Å²) in [6.07, 6.45) is 3.60. The maximum atomic E-state index is 11.3. The highest BCUT2D eigenvalue weighted by atomic mass is 32.2. The molecule has 2 aliphatic rings. The van der Waals surface area contributed by atoms with Crippen molar-refractivity contribution in [1.29, 1.82) is 0 Å². The third-order valence-electron chi connectivity index (χ3n) is 3.28. The summed E-state index contributed by atoms with van der Waals surface area (Å²) in [5.41, 5.74) is 2.14. The predicted molar refractivity (Wildman–Crippen MR) is 75.9 cm³/mol. The second kappa shape index (κ2) is 5.80. The zero-order valence-corrected chi connectivity index (χ0v) is 11.4. The van der Waals surface area contributed by atoms with E-state index in [0.29, 0.717) is 6.42 Å². The van der Waals surface area contributed by atoms with Crippen molar-refractivity contribution < 1.29 is 14.3 Å². The van der Waals surface area contributed by atoms with Gasteiger partial charge in [0.2, 0.25) is 0 Å². The summed E-state index contributed by atoms with van der Waals surface area (Å²) in [5.74, 6) is 0.814. The van der Waals surface area contributed by atoms with Crippen LogP contribution in [-0.4, -0.2) is 18.0 Å². The van der Waals surface area contributed by atoms with Gasteiger partial charge in [-0.25, -0.2) is 0 Å². The van der Waals surface area contributed by atoms with Crippen LogP contribution in [0.4, 0.5) is 0 Å². The number of thioether (sulfide) groups is 1. The fourth-order valence-corrected chi connectivity index (χ4v) is 3.00. The minimum Gasteiger partial charge on any atom is -0.465 e. The van der Waals surface area contributed by atoms with Crippen LogP contribution in [0.25, 0.3) is 5.57 Å². The molecule has 1 aromatic rings. The first-order valence-corrected chi connectivity index (χ1v) is 7.46. The zero-order valence-electron chi connectivity index (χ0n) is 10.6. The van der Waals surface area contributed by atoms with Gasteiger partial charge in [0, 0.05) is 12.8 Å². The second-order valence-electron chi connectivity index (χ2n) is 4.75. The van der Waals surface area contributed by atoms with Crippen LogP contribution in [0.15, 0.2) is 29.7 Å². The number of hydrogen-bond donors (Lipinski definition) is 0. The molecule has 0 aliphatic carbocycles. The van der Waals surface area contributed by atoms with Crippen molar-refractivity contribution in [2.75, 3.05) is 6.61 Å². The zero-order chi connectivity index (χ0) is 13.1. The summed E-state index contributed by atoms with van der Waals surface area (Å²) in [6.45, 7) is 0.778. The van der Waals surface area contributed by atoms with Crippen LogP contribution >= 0.6 is 11.8 Å². The molecule has 0 aromatic heterocycles. The Morgan fingerprint density at radius 2 is 2.26 bits per heavy atom. The van der Waals surface area contributed by atoms with Gasteiger partial charge in [-0.05, 0) is 41.5 Å². The lowest BCUT2D eigenvalue weighted by Crippen LogP contribution is -2.24. The van der Waals surface area contributed by atoms with Crippen molar-refractivity contribution in [3.8, 4) is 5.75 Å². The molecule has 4 heteroatoms. The fourth-order valence-electron chi connectivity index (χ4n) is 2.27. The third-order valence-corrected chi connectivity index (χ3v) is 4.09. The molecule has 1 aromatic carbocycles. The van der Waals surface area contributed by atoms with Crippen LogP contribution < -0.4 is 4.74 Å². The van der Waals surface area contributed by atoms with E-state index in [1.165, 1.54) is 11.8 Å². The van der Waals surface area contributed by atoms with E-state index in [2.05, 4.69) is 0 Å². The SMILES string of the molecule is O=C1CC(c2cccc(OC3CCCCO3)c2)=CS1. The Hall–Kier alpha value is -1.26. The third kappa shape index (κ3) is 3.19. The molecule has 0 spiro atoms. The van der Waals surface area contributed by atoms with Gasteiger partial charge < -0.3 is 9.47 Å². The molecule has 2 heterocycles. The molecule has 0 amide bonds. The molecule has 0 N–H and O–H groups in total. The molecule has 1 saturated heterocycles. The number of carbonyl (C=O) groups excluding carboxylic acids is 1. The molecule has 3 nitrogen and oxygen atoms in total. The van der Waals surface area contributed by atoms with E-state index in [1.54, 1.807) is 0 Å². The van der Waals surface area contributed by atoms with E-state index in [1.807, 2.05) is 29.7 Å². The normalized spacial score (nSPS) is 23.3. The molecule has 2 aliphatic heterocycles. The van der Waals surface area contributed by atoms with E-state index in [9.17, 15) is 4.79 Å². The van der Waals surface area contributed by atoms with Crippen LogP contribution in [-0.2, 0) is 9.53 Å². The molecule has 0 radical (unpaired) electrons. The summed E-state index contributed by atoms with van der Waals surface area (Å²) < 4.78 is 11.4. The van der Waals surface area contributed by atoms with Crippen molar-refractivity contribution in [2.24, 2.45) is 0 Å². The highest BCUT2D eigenvalue weighted by molar-refractivity contribution is 8.16. The van der Waals surface area contributed by atoms with Crippen molar-refractivity contribution in [2.45, 2.75) is 32.0 Å². The largest absolute Gasteiger partial charge is 0.465 e. The Balaban J connectivity index is 1.70. The van der Waals surface area contributed by atoms with Crippen LogP contribution in [0.5, 0.6) is 5.75 Å². The highest BCUT2D eigenvalue weighted by Gasteiger charge is 2.18. The lowest BCUT2D eigenvalue weighted by atomic mass is 10.1. The molecular weight excluding hydrogens is 260 g/mol. The summed E-state index contributed by atoms with van der Waals surface area (Å²) in [7, 11) is 0. The Kier molecular flexibility index (Phi) is 3.89. The lowest BCUT2D eigenvalue weighted by Gasteiger charge is -2.23. The van der Waals surface area contributed by atoms with Gasteiger partial charge in [-0.15, -0.1) is 0 Å². The molecule has 100 valence electrons. The first kappa shape index (κ1) is 12.8. The average Bonchev–Trinajstić information content (AvgIpc) is 2.87. The number of ether oxygens (including phenoxy) is 2. The average molecular weight is 276 g/mol. The quantitative estimate of drug-likeness (QED) is 0.845. The standard InChI is InChI=1S/C15H16O3S/c16-14-9-12(10-19-14)11-4-3-5-13(8-11)18-15-6-1-2-7-17-15/h3-5,8,10,15H,1-2,6-7,9H2. The molecule has 19 heavy (non-hydrogen) atoms. The number of allylic oxidation sites excluding steroid dienone is 1. The van der Waals surface area contributed by atoms with Crippen LogP contribution in [0.2, 0.25) is 0 Å². The Labute approximate surface area is 117 Å². The van der Waals surface area contributed by atoms with Gasteiger partial charge in [-0.2, -0.15) is 0 Å². The van der Waals surface area contributed by atoms with Gasteiger partial charge in [0.05, 0.1) is 6.61 Å². The number of benzene rings is 1. The van der Waals surface area contributed by atoms with Gasteiger partial charge in [-0.3, -0.25) is 4.79 Å². The first-order valence-electron chi connectivity index (χ1n) is 6.58. The molecule has 0 bridgehead atoms. The van der Waals surface area contributed by atoms with E-state index in [-0.39, 0.29) is 11.4 Å². The Morgan fingerprint density at radius 1 is 1.32 bits per heavy atom. The van der Waals surface area contributed by atoms with Gasteiger partial charge in [-0.1, -0.05) is 23.9 Å². The lowest BCUT2D eigenvalue weighted by molar-refractivity contribution is -0.110. The highest BCUT2D eigenvalue weighted by Crippen LogP contribution is 2.33. The molecule has 0 saturated carbocycles. The van der Waals surface area contributed by atoms with Gasteiger partial charge >= 0.3 is 0 Å². The minimum absolute atomic E-state index is 0.127. The molecular formula is C15H16O3S. The maximum absolute atomic E-state index is 11.3. The topological polar surface area (TPSA) is 35.5 Å². The van der Waals surface area contributed by atoms with Crippen molar-refractivity contribution in [3.63, 3.8) is 0 Å². The first-order chi connectivity index (χ1) is 9.31. The van der Waals surface area contributed by atoms with Crippen LogP contribution in [0.1, 0.15) is 31.2 Å². The van der Waals surface area contributed by atoms with Crippen molar-refractivity contribution in [3.05, 3.63) is 35.2 Å². The fraction of sp³-hybridized carbons (Fsp3) is 0.400. The van der Waals surface area contributed by atoms with E-state index in [4.69, 9.17) is 9.47 Å². The second-order valence-corrected chi connectivity index (χ2v) is 5.68. The minimum atomic E-state index is -0.127. The summed E-state index contributed by atoms with van der Waals surface area (Å²) in [6, 6.07) is 7.90. The van der Waals surface area contributed by atoms with Crippen LogP contribution in [0, 0.1) is 0 Å². The number of carbonyl (C=O) groups is 1. The smallest absolute Gasteiger partial charge is 0.199 e. The van der Waals surface area contributed by atoms with Gasteiger partial charge in [0.25, 0.3) is 0 Å². The monoisotopic (exact) mass is 276 g/mol. The predicted octanol–water partition coefficient (Wildman–Crippen LogP) is 3.60. The van der Waals surface area contributed by atoms with E-state index < -0.39 is 0 Å². The van der Waals surface area contributed by atoms with Gasteiger partial charge in [0.15, 0.2) is 11.4 Å². The maximum Gasteiger partial charge on any atom is 0.199 e.